The van der Waals surface area contributed by atoms with E-state index in [1.54, 1.807) is 24.3 Å². The molecule has 0 heterocycles. The summed E-state index contributed by atoms with van der Waals surface area (Å²) >= 11 is 5.79. The van der Waals surface area contributed by atoms with E-state index in [0.29, 0.717) is 10.8 Å². The minimum atomic E-state index is -1.41. The first-order valence-corrected chi connectivity index (χ1v) is 8.36. The standard InChI is InChI=1S/C17H19ClN2O7/c18-9-1-3-10(4-2-9)27-13-6-8(5-12(21)15(13)24)17(26)20-11(16(19)25)7-14(22)23/h1-4,6,11-13,15,21,24H,5,7H2,(H2,19,25)(H,20,26)(H,22,23)/t11-,12-,13+,15-/m1/s1. The van der Waals surface area contributed by atoms with Crippen LogP contribution in [-0.2, 0) is 14.4 Å². The number of rotatable bonds is 7. The van der Waals surface area contributed by atoms with Crippen molar-refractivity contribution < 1.29 is 34.4 Å². The van der Waals surface area contributed by atoms with Gasteiger partial charge >= 0.3 is 5.97 Å². The van der Waals surface area contributed by atoms with Crippen LogP contribution in [0.15, 0.2) is 35.9 Å². The molecule has 0 saturated heterocycles. The molecule has 0 unspecified atom stereocenters. The lowest BCUT2D eigenvalue weighted by molar-refractivity contribution is -0.140. The third-order valence-electron chi connectivity index (χ3n) is 3.93. The summed E-state index contributed by atoms with van der Waals surface area (Å²) in [6, 6.07) is 4.85. The third-order valence-corrected chi connectivity index (χ3v) is 4.18. The number of carboxylic acids is 1. The average Bonchev–Trinajstić information content (AvgIpc) is 2.59. The maximum Gasteiger partial charge on any atom is 0.305 e. The normalized spacial score (nSPS) is 23.1. The van der Waals surface area contributed by atoms with Crippen molar-refractivity contribution >= 4 is 29.4 Å². The van der Waals surface area contributed by atoms with E-state index in [0.717, 1.165) is 0 Å². The van der Waals surface area contributed by atoms with Crippen LogP contribution in [0.4, 0.5) is 0 Å². The van der Waals surface area contributed by atoms with E-state index in [4.69, 9.17) is 27.2 Å². The van der Waals surface area contributed by atoms with Gasteiger partial charge in [0, 0.05) is 17.0 Å². The zero-order chi connectivity index (χ0) is 20.1. The number of aliphatic carboxylic acids is 1. The smallest absolute Gasteiger partial charge is 0.305 e. The van der Waals surface area contributed by atoms with Gasteiger partial charge < -0.3 is 31.1 Å². The number of nitrogens with two attached hydrogens (primary N) is 1. The number of carbonyl (C=O) groups excluding carboxylic acids is 2. The van der Waals surface area contributed by atoms with Crippen molar-refractivity contribution in [3.05, 3.63) is 40.9 Å². The summed E-state index contributed by atoms with van der Waals surface area (Å²) in [4.78, 5) is 34.4. The number of primary amides is 1. The molecule has 1 aliphatic rings. The number of amides is 2. The van der Waals surface area contributed by atoms with Crippen molar-refractivity contribution in [3.63, 3.8) is 0 Å². The van der Waals surface area contributed by atoms with Gasteiger partial charge in [-0.05, 0) is 30.3 Å². The van der Waals surface area contributed by atoms with E-state index in [1.807, 2.05) is 0 Å². The summed E-state index contributed by atoms with van der Waals surface area (Å²) in [5.74, 6) is -2.74. The second kappa shape index (κ2) is 8.85. The van der Waals surface area contributed by atoms with Crippen LogP contribution in [0.5, 0.6) is 5.75 Å². The maximum absolute atomic E-state index is 12.3. The molecule has 6 N–H and O–H groups in total. The van der Waals surface area contributed by atoms with Crippen molar-refractivity contribution in [2.24, 2.45) is 5.73 Å². The van der Waals surface area contributed by atoms with Crippen LogP contribution >= 0.6 is 11.6 Å². The van der Waals surface area contributed by atoms with Gasteiger partial charge in [0.25, 0.3) is 0 Å². The van der Waals surface area contributed by atoms with E-state index >= 15 is 0 Å². The molecule has 4 atom stereocenters. The molecule has 2 amide bonds. The molecule has 10 heteroatoms. The fourth-order valence-electron chi connectivity index (χ4n) is 2.52. The molecular formula is C17H19ClN2O7. The Morgan fingerprint density at radius 3 is 2.44 bits per heavy atom. The minimum absolute atomic E-state index is 0.0309. The third kappa shape index (κ3) is 5.68. The average molecular weight is 399 g/mol. The minimum Gasteiger partial charge on any atom is -0.484 e. The predicted octanol–water partition coefficient (Wildman–Crippen LogP) is -0.416. The molecule has 9 nitrogen and oxygen atoms in total. The van der Waals surface area contributed by atoms with Gasteiger partial charge in [0.15, 0.2) is 0 Å². The fourth-order valence-corrected chi connectivity index (χ4v) is 2.65. The topological polar surface area (TPSA) is 159 Å². The number of benzene rings is 1. The van der Waals surface area contributed by atoms with Gasteiger partial charge in [-0.3, -0.25) is 14.4 Å². The van der Waals surface area contributed by atoms with Crippen LogP contribution in [0, 0.1) is 0 Å². The molecule has 0 saturated carbocycles. The molecule has 0 bridgehead atoms. The van der Waals surface area contributed by atoms with E-state index in [2.05, 4.69) is 5.32 Å². The number of aliphatic hydroxyl groups is 2. The Morgan fingerprint density at radius 1 is 1.26 bits per heavy atom. The van der Waals surface area contributed by atoms with Crippen LogP contribution in [0.25, 0.3) is 0 Å². The zero-order valence-electron chi connectivity index (χ0n) is 14.0. The lowest BCUT2D eigenvalue weighted by Gasteiger charge is -2.31. The van der Waals surface area contributed by atoms with Gasteiger partial charge in [-0.25, -0.2) is 0 Å². The lowest BCUT2D eigenvalue weighted by atomic mass is 9.91. The van der Waals surface area contributed by atoms with Gasteiger partial charge in [-0.2, -0.15) is 0 Å². The molecule has 2 rings (SSSR count). The SMILES string of the molecule is NC(=O)[C@@H](CC(=O)O)NC(=O)C1=C[C@H](Oc2ccc(Cl)cc2)[C@H](O)[C@H](O)C1. The highest BCUT2D eigenvalue weighted by Gasteiger charge is 2.35. The first-order chi connectivity index (χ1) is 12.7. The Balaban J connectivity index is 2.16. The highest BCUT2D eigenvalue weighted by Crippen LogP contribution is 2.25. The Bertz CT molecular complexity index is 750. The molecular weight excluding hydrogens is 380 g/mol. The Kier molecular flexibility index (Phi) is 6.78. The molecule has 0 aromatic heterocycles. The van der Waals surface area contributed by atoms with Gasteiger partial charge in [-0.1, -0.05) is 11.6 Å². The fraction of sp³-hybridized carbons (Fsp3) is 0.353. The Labute approximate surface area is 159 Å². The largest absolute Gasteiger partial charge is 0.484 e. The zero-order valence-corrected chi connectivity index (χ0v) is 14.8. The van der Waals surface area contributed by atoms with Crippen molar-refractivity contribution in [3.8, 4) is 5.75 Å². The summed E-state index contributed by atoms with van der Waals surface area (Å²) in [7, 11) is 0. The molecule has 1 aromatic carbocycles. The molecule has 1 aliphatic carbocycles. The number of aliphatic hydroxyl groups excluding tert-OH is 2. The number of nitrogens with one attached hydrogen (secondary N) is 1. The molecule has 27 heavy (non-hydrogen) atoms. The van der Waals surface area contributed by atoms with E-state index in [9.17, 15) is 24.6 Å². The lowest BCUT2D eigenvalue weighted by Crippen LogP contribution is -2.49. The summed E-state index contributed by atoms with van der Waals surface area (Å²) in [6.45, 7) is 0. The van der Waals surface area contributed by atoms with Gasteiger partial charge in [0.1, 0.15) is 24.0 Å². The first kappa shape index (κ1) is 20.7. The van der Waals surface area contributed by atoms with Crippen LogP contribution < -0.4 is 15.8 Å². The number of halogens is 1. The number of hydrogen-bond acceptors (Lipinski definition) is 6. The van der Waals surface area contributed by atoms with Gasteiger partial charge in [0.2, 0.25) is 11.8 Å². The highest BCUT2D eigenvalue weighted by atomic mass is 35.5. The molecule has 0 aliphatic heterocycles. The number of ether oxygens (including phenoxy) is 1. The van der Waals surface area contributed by atoms with Crippen LogP contribution in [0.1, 0.15) is 12.8 Å². The maximum atomic E-state index is 12.3. The van der Waals surface area contributed by atoms with Crippen molar-refractivity contribution in [2.75, 3.05) is 0 Å². The van der Waals surface area contributed by atoms with Crippen molar-refractivity contribution in [1.29, 1.82) is 0 Å². The quantitative estimate of drug-likeness (QED) is 0.417. The predicted molar refractivity (Wildman–Crippen MR) is 94.0 cm³/mol. The number of hydrogen-bond donors (Lipinski definition) is 5. The van der Waals surface area contributed by atoms with Gasteiger partial charge in [-0.15, -0.1) is 0 Å². The Morgan fingerprint density at radius 2 is 1.89 bits per heavy atom. The second-order valence-corrected chi connectivity index (χ2v) is 6.45. The number of carbonyl (C=O) groups is 3. The molecule has 0 spiro atoms. The van der Waals surface area contributed by atoms with Crippen LogP contribution in [0.3, 0.4) is 0 Å². The summed E-state index contributed by atoms with van der Waals surface area (Å²) in [6.07, 6.45) is -3.19. The molecule has 146 valence electrons. The van der Waals surface area contributed by atoms with E-state index in [1.165, 1.54) is 6.08 Å². The summed E-state index contributed by atoms with van der Waals surface area (Å²) in [5, 5.41) is 31.6. The van der Waals surface area contributed by atoms with Crippen molar-refractivity contribution in [1.82, 2.24) is 5.32 Å². The monoisotopic (exact) mass is 398 g/mol. The van der Waals surface area contributed by atoms with E-state index in [-0.39, 0.29) is 12.0 Å². The van der Waals surface area contributed by atoms with E-state index < -0.39 is 48.6 Å². The van der Waals surface area contributed by atoms with Crippen molar-refractivity contribution in [2.45, 2.75) is 37.2 Å². The summed E-state index contributed by atoms with van der Waals surface area (Å²) in [5.41, 5.74) is 5.12. The second-order valence-electron chi connectivity index (χ2n) is 6.02. The van der Waals surface area contributed by atoms with Crippen LogP contribution in [0.2, 0.25) is 5.02 Å². The molecule has 0 radical (unpaired) electrons. The van der Waals surface area contributed by atoms with Crippen LogP contribution in [-0.4, -0.2) is 57.5 Å². The highest BCUT2D eigenvalue weighted by molar-refractivity contribution is 6.30. The Hall–Kier alpha value is -2.62. The summed E-state index contributed by atoms with van der Waals surface area (Å²) < 4.78 is 5.58. The molecule has 0 fully saturated rings. The van der Waals surface area contributed by atoms with Gasteiger partial charge in [0.05, 0.1) is 12.5 Å². The first-order valence-electron chi connectivity index (χ1n) is 7.98. The molecule has 1 aromatic rings. The number of carboxylic acid groups (broad SMARTS) is 1.